The van der Waals surface area contributed by atoms with Gasteiger partial charge in [0.05, 0.1) is 12.0 Å². The number of rotatable bonds is 1. The molecule has 0 aromatic rings. The summed E-state index contributed by atoms with van der Waals surface area (Å²) in [4.78, 5) is 0. The number of hydrogen-bond acceptors (Lipinski definition) is 3. The first kappa shape index (κ1) is 14.0. The van der Waals surface area contributed by atoms with Crippen LogP contribution in [0.2, 0.25) is 0 Å². The Morgan fingerprint density at radius 3 is 2.63 bits per heavy atom. The number of halogens is 1. The molecule has 0 aromatic carbocycles. The summed E-state index contributed by atoms with van der Waals surface area (Å²) in [5.74, 6) is -1.08. The molecule has 0 saturated carbocycles. The fraction of sp³-hybridized carbons (Fsp3) is 0.417. The van der Waals surface area contributed by atoms with Crippen molar-refractivity contribution in [3.8, 4) is 0 Å². The highest BCUT2D eigenvalue weighted by atomic mass is 32.2. The van der Waals surface area contributed by atoms with Gasteiger partial charge < -0.3 is 5.73 Å². The molecule has 0 radical (unpaired) electrons. The molecular formula is C12H16FN3O2S. The Kier molecular flexibility index (Phi) is 3.36. The summed E-state index contributed by atoms with van der Waals surface area (Å²) in [5, 5.41) is 0. The maximum Gasteiger partial charge on any atom is 0.322 e. The van der Waals surface area contributed by atoms with Crippen molar-refractivity contribution in [1.29, 1.82) is 0 Å². The number of hydrogen-bond donors (Lipinski definition) is 2. The molecule has 5 nitrogen and oxygen atoms in total. The third-order valence-corrected chi connectivity index (χ3v) is 4.38. The third-order valence-electron chi connectivity index (χ3n) is 3.36. The van der Waals surface area contributed by atoms with E-state index in [1.165, 1.54) is 12.2 Å². The van der Waals surface area contributed by atoms with Gasteiger partial charge in [0.1, 0.15) is 11.7 Å². The molecule has 19 heavy (non-hydrogen) atoms. The van der Waals surface area contributed by atoms with Crippen molar-refractivity contribution in [2.75, 3.05) is 0 Å². The summed E-state index contributed by atoms with van der Waals surface area (Å²) >= 11 is 0. The molecule has 1 heterocycles. The van der Waals surface area contributed by atoms with E-state index in [1.54, 1.807) is 6.92 Å². The van der Waals surface area contributed by atoms with Crippen LogP contribution in [0.1, 0.15) is 20.8 Å². The maximum atomic E-state index is 14.1. The van der Waals surface area contributed by atoms with E-state index in [2.05, 4.69) is 9.12 Å². The second kappa shape index (κ2) is 4.57. The van der Waals surface area contributed by atoms with Crippen LogP contribution in [0.3, 0.4) is 0 Å². The zero-order valence-corrected chi connectivity index (χ0v) is 11.8. The molecule has 1 aliphatic carbocycles. The molecule has 0 aromatic heterocycles. The minimum absolute atomic E-state index is 0.0844. The maximum absolute atomic E-state index is 14.1. The van der Waals surface area contributed by atoms with Crippen LogP contribution in [0.5, 0.6) is 0 Å². The van der Waals surface area contributed by atoms with Crippen molar-refractivity contribution in [3.05, 3.63) is 34.7 Å². The topological polar surface area (TPSA) is 84.5 Å². The Morgan fingerprint density at radius 2 is 2.05 bits per heavy atom. The highest BCUT2D eigenvalue weighted by molar-refractivity contribution is 7.88. The van der Waals surface area contributed by atoms with Gasteiger partial charge in [0.2, 0.25) is 0 Å². The highest BCUT2D eigenvalue weighted by Gasteiger charge is 2.39. The van der Waals surface area contributed by atoms with Crippen LogP contribution in [-0.2, 0) is 10.2 Å². The van der Waals surface area contributed by atoms with Gasteiger partial charge in [-0.1, -0.05) is 11.6 Å². The molecule has 0 saturated heterocycles. The molecule has 7 heteroatoms. The minimum atomic E-state index is -3.79. The third kappa shape index (κ3) is 2.48. The second-order valence-electron chi connectivity index (χ2n) is 4.86. The van der Waals surface area contributed by atoms with Crippen LogP contribution >= 0.6 is 0 Å². The molecule has 0 amide bonds. The Bertz CT molecular complexity index is 640. The molecule has 2 rings (SSSR count). The molecule has 1 aliphatic heterocycles. The molecule has 2 aliphatic rings. The summed E-state index contributed by atoms with van der Waals surface area (Å²) in [6, 6.07) is -0.591. The van der Waals surface area contributed by atoms with Crippen molar-refractivity contribution in [2.45, 2.75) is 26.8 Å². The Balaban J connectivity index is 2.61. The normalized spacial score (nSPS) is 28.7. The van der Waals surface area contributed by atoms with Gasteiger partial charge in [-0.3, -0.25) is 0 Å². The van der Waals surface area contributed by atoms with Gasteiger partial charge in [-0.05, 0) is 32.4 Å². The number of nitrogens with zero attached hydrogens (tertiary/aromatic N) is 1. The second-order valence-corrected chi connectivity index (χ2v) is 6.23. The van der Waals surface area contributed by atoms with Gasteiger partial charge >= 0.3 is 10.2 Å². The quantitative estimate of drug-likeness (QED) is 0.762. The van der Waals surface area contributed by atoms with E-state index in [0.29, 0.717) is 5.57 Å². The number of amidine groups is 1. The molecule has 3 N–H and O–H groups in total. The van der Waals surface area contributed by atoms with Crippen molar-refractivity contribution in [1.82, 2.24) is 4.72 Å². The summed E-state index contributed by atoms with van der Waals surface area (Å²) in [6.07, 6.45) is 2.73. The van der Waals surface area contributed by atoms with E-state index in [1.807, 2.05) is 13.8 Å². The van der Waals surface area contributed by atoms with Gasteiger partial charge in [-0.2, -0.15) is 13.1 Å². The van der Waals surface area contributed by atoms with Crippen LogP contribution in [0.25, 0.3) is 0 Å². The zero-order valence-electron chi connectivity index (χ0n) is 10.9. The molecular weight excluding hydrogens is 269 g/mol. The van der Waals surface area contributed by atoms with Crippen molar-refractivity contribution >= 4 is 16.0 Å². The smallest absolute Gasteiger partial charge is 0.322 e. The lowest BCUT2D eigenvalue weighted by Crippen LogP contribution is -2.50. The number of allylic oxidation sites excluding steroid dienone is 4. The minimum Gasteiger partial charge on any atom is -0.386 e. The van der Waals surface area contributed by atoms with Crippen LogP contribution < -0.4 is 10.5 Å². The van der Waals surface area contributed by atoms with Crippen LogP contribution in [0, 0.1) is 5.92 Å². The number of fused-ring (bicyclic) bond motifs is 1. The van der Waals surface area contributed by atoms with Gasteiger partial charge in [0.15, 0.2) is 0 Å². The monoisotopic (exact) mass is 285 g/mol. The van der Waals surface area contributed by atoms with Gasteiger partial charge in [-0.25, -0.2) is 4.39 Å². The fourth-order valence-corrected chi connectivity index (χ4v) is 3.23. The van der Waals surface area contributed by atoms with Gasteiger partial charge in [-0.15, -0.1) is 4.40 Å². The van der Waals surface area contributed by atoms with Crippen molar-refractivity contribution < 1.29 is 12.8 Å². The summed E-state index contributed by atoms with van der Waals surface area (Å²) in [5.41, 5.74) is 7.83. The molecule has 2 atom stereocenters. The summed E-state index contributed by atoms with van der Waals surface area (Å²) < 4.78 is 42.8. The van der Waals surface area contributed by atoms with Crippen LogP contribution in [-0.4, -0.2) is 20.3 Å². The Labute approximate surface area is 112 Å². The Hall–Kier alpha value is -1.47. The van der Waals surface area contributed by atoms with Gasteiger partial charge in [0, 0.05) is 5.57 Å². The first-order chi connectivity index (χ1) is 8.73. The van der Waals surface area contributed by atoms with Crippen molar-refractivity contribution in [2.24, 2.45) is 16.0 Å². The van der Waals surface area contributed by atoms with E-state index in [4.69, 9.17) is 5.73 Å². The van der Waals surface area contributed by atoms with Gasteiger partial charge in [0.25, 0.3) is 0 Å². The highest BCUT2D eigenvalue weighted by Crippen LogP contribution is 2.35. The lowest BCUT2D eigenvalue weighted by Gasteiger charge is -2.33. The molecule has 104 valence electrons. The number of nitrogens with two attached hydrogens (primary N) is 1. The van der Waals surface area contributed by atoms with E-state index < -0.39 is 28.0 Å². The van der Waals surface area contributed by atoms with Crippen LogP contribution in [0.15, 0.2) is 39.1 Å². The van der Waals surface area contributed by atoms with E-state index in [9.17, 15) is 12.8 Å². The standard InChI is InChI=1S/C12H16FN3O2S/c1-6(2)7(3)10-8(13)4-5-9-11(10)12(14)16-19(17,18)15-9/h4-5,9,11,15H,1-3H3,(H2,14,16). The molecule has 0 bridgehead atoms. The summed E-state index contributed by atoms with van der Waals surface area (Å²) in [6.45, 7) is 5.52. The predicted octanol–water partition coefficient (Wildman–Crippen LogP) is 1.33. The first-order valence-electron chi connectivity index (χ1n) is 5.83. The molecule has 0 spiro atoms. The van der Waals surface area contributed by atoms with E-state index in [-0.39, 0.29) is 5.84 Å². The van der Waals surface area contributed by atoms with Crippen molar-refractivity contribution in [3.63, 3.8) is 0 Å². The fourth-order valence-electron chi connectivity index (χ4n) is 2.23. The van der Waals surface area contributed by atoms with E-state index >= 15 is 0 Å². The average molecular weight is 285 g/mol. The Morgan fingerprint density at radius 1 is 1.42 bits per heavy atom. The average Bonchev–Trinajstić information content (AvgIpc) is 2.27. The lowest BCUT2D eigenvalue weighted by atomic mass is 9.81. The largest absolute Gasteiger partial charge is 0.386 e. The summed E-state index contributed by atoms with van der Waals surface area (Å²) in [7, 11) is -3.79. The lowest BCUT2D eigenvalue weighted by molar-refractivity contribution is 0.527. The van der Waals surface area contributed by atoms with Crippen LogP contribution in [0.4, 0.5) is 4.39 Å². The predicted molar refractivity (Wildman–Crippen MR) is 72.3 cm³/mol. The SMILES string of the molecule is CC(C)=C(C)C1=C(F)C=CC2NS(=O)(=O)N=C(N)C12. The first-order valence-corrected chi connectivity index (χ1v) is 7.27. The number of nitrogens with one attached hydrogen (secondary N) is 1. The molecule has 2 unspecified atom stereocenters. The van der Waals surface area contributed by atoms with E-state index in [0.717, 1.165) is 11.1 Å². The molecule has 0 fully saturated rings. The zero-order chi connectivity index (χ0) is 14.4.